The van der Waals surface area contributed by atoms with E-state index in [1.165, 1.54) is 5.56 Å². The first kappa shape index (κ1) is 36.3. The van der Waals surface area contributed by atoms with Crippen LogP contribution < -0.4 is 0 Å². The third-order valence-corrected chi connectivity index (χ3v) is 27.7. The Morgan fingerprint density at radius 3 is 1.50 bits per heavy atom. The Kier molecular flexibility index (Phi) is 13.8. The molecule has 1 aromatic carbocycles. The van der Waals surface area contributed by atoms with Gasteiger partial charge in [-0.1, -0.05) is 37.3 Å². The predicted octanol–water partition coefficient (Wildman–Crippen LogP) is 8.52. The minimum absolute atomic E-state index is 0.307. The second-order valence-corrected chi connectivity index (χ2v) is 36.6. The quantitative estimate of drug-likeness (QED) is 0.151. The summed E-state index contributed by atoms with van der Waals surface area (Å²) in [6.07, 6.45) is 0. The Morgan fingerprint density at radius 2 is 1.05 bits per heavy atom. The van der Waals surface area contributed by atoms with Gasteiger partial charge in [0.25, 0.3) is 0 Å². The summed E-state index contributed by atoms with van der Waals surface area (Å²) in [5, 5.41) is 0. The van der Waals surface area contributed by atoms with Crippen molar-refractivity contribution in [3.05, 3.63) is 35.9 Å². The lowest BCUT2D eigenvalue weighted by Crippen LogP contribution is -2.61. The van der Waals surface area contributed by atoms with E-state index in [1.54, 1.807) is 0 Å². The van der Waals surface area contributed by atoms with E-state index in [0.29, 0.717) is 19.1 Å². The molecule has 12 heteroatoms. The molecule has 3 atom stereocenters. The number of benzene rings is 1. The van der Waals surface area contributed by atoms with Gasteiger partial charge >= 0.3 is 34.2 Å². The number of hydrogen-bond acceptors (Lipinski definition) is 6. The van der Waals surface area contributed by atoms with Crippen molar-refractivity contribution in [2.45, 2.75) is 117 Å². The van der Waals surface area contributed by atoms with E-state index in [2.05, 4.69) is 109 Å². The number of hydrogen-bond donors (Lipinski definition) is 0. The normalized spacial score (nSPS) is 17.6. The first-order chi connectivity index (χ1) is 17.1. The van der Waals surface area contributed by atoms with Gasteiger partial charge < -0.3 is 25.3 Å². The molecule has 222 valence electrons. The Balaban J connectivity index is 3.41. The van der Waals surface area contributed by atoms with Crippen LogP contribution in [0.4, 0.5) is 0 Å². The minimum Gasteiger partial charge on any atom is -0.437 e. The van der Waals surface area contributed by atoms with Crippen molar-refractivity contribution in [3.8, 4) is 0 Å². The summed E-state index contributed by atoms with van der Waals surface area (Å²) in [7, 11) is -13.9. The van der Waals surface area contributed by atoms with Gasteiger partial charge in [0.1, 0.15) is 0 Å². The van der Waals surface area contributed by atoms with E-state index in [9.17, 15) is 0 Å². The zero-order chi connectivity index (χ0) is 29.5. The van der Waals surface area contributed by atoms with Crippen LogP contribution in [-0.2, 0) is 25.3 Å². The molecule has 0 spiro atoms. The largest absolute Gasteiger partial charge is 0.437 e. The molecule has 1 rings (SSSR count). The second-order valence-electron chi connectivity index (χ2n) is 13.3. The molecule has 6 nitrogen and oxygen atoms in total. The van der Waals surface area contributed by atoms with Gasteiger partial charge in [0.15, 0.2) is 16.6 Å². The molecule has 0 heterocycles. The fourth-order valence-electron chi connectivity index (χ4n) is 5.32. The molecule has 0 aliphatic carbocycles. The van der Waals surface area contributed by atoms with Crippen molar-refractivity contribution in [1.29, 1.82) is 0 Å². The van der Waals surface area contributed by atoms with E-state index < -0.39 is 50.9 Å². The average molecular weight is 635 g/mol. The number of rotatable bonds is 18. The third-order valence-electron chi connectivity index (χ3n) is 5.95. The minimum atomic E-state index is -2.75. The lowest BCUT2D eigenvalue weighted by Gasteiger charge is -2.45. The van der Waals surface area contributed by atoms with Gasteiger partial charge in [0.05, 0.1) is 0 Å². The van der Waals surface area contributed by atoms with Gasteiger partial charge in [-0.2, -0.15) is 0 Å². The van der Waals surface area contributed by atoms with Crippen molar-refractivity contribution in [1.82, 2.24) is 0 Å². The summed E-state index contributed by atoms with van der Waals surface area (Å²) in [5.41, 5.74) is 1.31. The highest BCUT2D eigenvalue weighted by molar-refractivity contribution is 6.91. The maximum Gasteiger partial charge on any atom is 0.334 e. The molecule has 0 aliphatic rings. The Bertz CT molecular complexity index is 826. The van der Waals surface area contributed by atoms with Crippen LogP contribution in [0.25, 0.3) is 0 Å². The predicted molar refractivity (Wildman–Crippen MR) is 176 cm³/mol. The Hall–Kier alpha value is 0.281. The smallest absolute Gasteiger partial charge is 0.334 e. The molecule has 0 aliphatic heterocycles. The molecular weight excluding hydrogens is 577 g/mol. The monoisotopic (exact) mass is 634 g/mol. The molecule has 0 fully saturated rings. The zero-order valence-corrected chi connectivity index (χ0v) is 32.9. The van der Waals surface area contributed by atoms with Crippen LogP contribution in [0.5, 0.6) is 0 Å². The van der Waals surface area contributed by atoms with Crippen molar-refractivity contribution >= 4 is 50.9 Å². The molecule has 0 N–H and O–H groups in total. The van der Waals surface area contributed by atoms with Gasteiger partial charge in [-0.05, 0) is 115 Å². The van der Waals surface area contributed by atoms with E-state index in [0.717, 1.165) is 18.1 Å². The topological polar surface area (TPSA) is 55.4 Å². The Labute approximate surface area is 241 Å². The molecule has 3 unspecified atom stereocenters. The summed E-state index contributed by atoms with van der Waals surface area (Å²) in [6.45, 7) is 32.2. The third kappa shape index (κ3) is 14.3. The van der Waals surface area contributed by atoms with Crippen LogP contribution in [-0.4, -0.2) is 64.1 Å². The first-order valence-electron chi connectivity index (χ1n) is 14.3. The molecule has 0 amide bonds. The average Bonchev–Trinajstić information content (AvgIpc) is 2.69. The van der Waals surface area contributed by atoms with E-state index >= 15 is 0 Å². The molecule has 0 aromatic heterocycles. The van der Waals surface area contributed by atoms with Crippen LogP contribution in [0.2, 0.25) is 90.1 Å². The molecule has 0 radical (unpaired) electrons. The Morgan fingerprint density at radius 1 is 0.579 bits per heavy atom. The van der Waals surface area contributed by atoms with Crippen LogP contribution >= 0.6 is 0 Å². The van der Waals surface area contributed by atoms with Gasteiger partial charge in [0, 0.05) is 13.2 Å². The SMILES string of the molecule is CCO[Si](C)(CC[Si](C)(O[Si](C)(C)C)O[Si](C)(CC(C)c1ccccc1)O[Si](C)(C)O[Si](C)(C)C)OCC. The standard InChI is InChI=1S/C26H58O6Si6/c1-15-27-36(12,28-16-2)22-23-37(13,30-34(7,8)9)32-38(14,31-35(10,11)29-33(4,5)6)24-25(3)26-20-18-17-19-21-26/h17-21,25H,15-16,22-24H2,1-14H3. The lowest BCUT2D eigenvalue weighted by atomic mass is 10.0. The van der Waals surface area contributed by atoms with Crippen molar-refractivity contribution < 1.29 is 25.3 Å². The van der Waals surface area contributed by atoms with Crippen LogP contribution in [0.1, 0.15) is 32.3 Å². The second kappa shape index (κ2) is 14.4. The molecular formula is C26H58O6Si6. The first-order valence-corrected chi connectivity index (χ1v) is 31.5. The highest BCUT2D eigenvalue weighted by Crippen LogP contribution is 2.36. The van der Waals surface area contributed by atoms with E-state index in [4.69, 9.17) is 25.3 Å². The molecule has 38 heavy (non-hydrogen) atoms. The zero-order valence-electron chi connectivity index (χ0n) is 26.9. The summed E-state index contributed by atoms with van der Waals surface area (Å²) < 4.78 is 40.5. The maximum absolute atomic E-state index is 7.35. The van der Waals surface area contributed by atoms with Crippen molar-refractivity contribution in [2.24, 2.45) is 0 Å². The molecule has 0 bridgehead atoms. The maximum atomic E-state index is 7.35. The van der Waals surface area contributed by atoms with Gasteiger partial charge in [0.2, 0.25) is 0 Å². The summed E-state index contributed by atoms with van der Waals surface area (Å²) in [5.74, 6) is 0.307. The summed E-state index contributed by atoms with van der Waals surface area (Å²) >= 11 is 0. The highest BCUT2D eigenvalue weighted by atomic mass is 28.5. The van der Waals surface area contributed by atoms with Crippen LogP contribution in [0, 0.1) is 0 Å². The van der Waals surface area contributed by atoms with Gasteiger partial charge in [-0.25, -0.2) is 0 Å². The van der Waals surface area contributed by atoms with Crippen molar-refractivity contribution in [2.75, 3.05) is 13.2 Å². The lowest BCUT2D eigenvalue weighted by molar-refractivity contribution is 0.189. The van der Waals surface area contributed by atoms with Crippen LogP contribution in [0.15, 0.2) is 30.3 Å². The fourth-order valence-corrected chi connectivity index (χ4v) is 33.9. The molecule has 1 aromatic rings. The fraction of sp³-hybridized carbons (Fsp3) is 0.769. The van der Waals surface area contributed by atoms with Gasteiger partial charge in [-0.3, -0.25) is 0 Å². The summed E-state index contributed by atoms with van der Waals surface area (Å²) in [4.78, 5) is 0. The molecule has 0 saturated heterocycles. The van der Waals surface area contributed by atoms with Gasteiger partial charge in [-0.15, -0.1) is 0 Å². The van der Waals surface area contributed by atoms with E-state index in [1.807, 2.05) is 13.8 Å². The molecule has 0 saturated carbocycles. The van der Waals surface area contributed by atoms with Crippen LogP contribution in [0.3, 0.4) is 0 Å². The van der Waals surface area contributed by atoms with Crippen molar-refractivity contribution in [3.63, 3.8) is 0 Å². The highest BCUT2D eigenvalue weighted by Gasteiger charge is 2.50. The summed E-state index contributed by atoms with van der Waals surface area (Å²) in [6, 6.07) is 13.2. The van der Waals surface area contributed by atoms with E-state index in [-0.39, 0.29) is 0 Å².